The number of para-hydroxylation sites is 1. The molecule has 13 heteroatoms. The van der Waals surface area contributed by atoms with Gasteiger partial charge in [0.05, 0.1) is 6.61 Å². The molecule has 0 radical (unpaired) electrons. The van der Waals surface area contributed by atoms with Gasteiger partial charge >= 0.3 is 19.4 Å². The van der Waals surface area contributed by atoms with Crippen molar-refractivity contribution in [1.29, 1.82) is 0 Å². The van der Waals surface area contributed by atoms with Crippen molar-refractivity contribution in [1.82, 2.24) is 14.6 Å². The lowest BCUT2D eigenvalue weighted by Gasteiger charge is -2.24. The van der Waals surface area contributed by atoms with Crippen molar-refractivity contribution >= 4 is 13.7 Å². The predicted octanol–water partition coefficient (Wildman–Crippen LogP) is 2.47. The summed E-state index contributed by atoms with van der Waals surface area (Å²) >= 11 is 0. The summed E-state index contributed by atoms with van der Waals surface area (Å²) in [6.45, 7) is 5.32. The van der Waals surface area contributed by atoms with Crippen LogP contribution in [-0.4, -0.2) is 46.0 Å². The third-order valence-corrected chi connectivity index (χ3v) is 7.34. The number of nitrogens with zero attached hydrogens (tertiary/aromatic N) is 1. The molecule has 3 rings (SSSR count). The number of carbonyl (C=O) groups excluding carboxylic acids is 1. The van der Waals surface area contributed by atoms with Gasteiger partial charge in [-0.05, 0) is 31.1 Å². The van der Waals surface area contributed by atoms with E-state index in [1.165, 1.54) is 19.2 Å². The minimum Gasteiger partial charge on any atom is -0.469 e. The second kappa shape index (κ2) is 12.9. The molecule has 1 aliphatic heterocycles. The first-order valence-electron chi connectivity index (χ1n) is 11.9. The molecule has 1 aromatic carbocycles. The second-order valence-corrected chi connectivity index (χ2v) is 10.2. The molecule has 0 spiro atoms. The predicted molar refractivity (Wildman–Crippen MR) is 134 cm³/mol. The van der Waals surface area contributed by atoms with Gasteiger partial charge in [-0.15, -0.1) is 0 Å². The van der Waals surface area contributed by atoms with E-state index in [1.807, 2.05) is 13.8 Å². The summed E-state index contributed by atoms with van der Waals surface area (Å²) in [5, 5.41) is 12.9. The number of rotatable bonds is 13. The van der Waals surface area contributed by atoms with Gasteiger partial charge in [0, 0.05) is 12.3 Å². The van der Waals surface area contributed by atoms with Crippen molar-refractivity contribution in [3.8, 4) is 5.75 Å². The number of aliphatic hydroxyl groups excluding tert-OH is 1. The minimum atomic E-state index is -4.16. The summed E-state index contributed by atoms with van der Waals surface area (Å²) in [6, 6.07) is 8.34. The second-order valence-electron chi connectivity index (χ2n) is 8.49. The van der Waals surface area contributed by atoms with E-state index in [2.05, 4.69) is 10.1 Å². The largest absolute Gasteiger partial charge is 0.469 e. The summed E-state index contributed by atoms with van der Waals surface area (Å²) in [5.74, 6) is -0.0922. The Morgan fingerprint density at radius 3 is 2.57 bits per heavy atom. The van der Waals surface area contributed by atoms with Gasteiger partial charge in [0.15, 0.2) is 0 Å². The van der Waals surface area contributed by atoms with Crippen LogP contribution in [-0.2, 0) is 23.4 Å². The maximum Gasteiger partial charge on any atom is 0.459 e. The molecule has 37 heavy (non-hydrogen) atoms. The van der Waals surface area contributed by atoms with Crippen molar-refractivity contribution in [3.63, 3.8) is 0 Å². The maximum atomic E-state index is 13.6. The summed E-state index contributed by atoms with van der Waals surface area (Å²) in [5.41, 5.74) is -1.37. The first-order chi connectivity index (χ1) is 17.6. The van der Waals surface area contributed by atoms with Gasteiger partial charge in [0.25, 0.3) is 5.56 Å². The number of ether oxygens (including phenoxy) is 2. The Bertz CT molecular complexity index is 1240. The van der Waals surface area contributed by atoms with Crippen LogP contribution >= 0.6 is 7.75 Å². The molecule has 1 aromatic heterocycles. The van der Waals surface area contributed by atoms with Gasteiger partial charge < -0.3 is 19.1 Å². The van der Waals surface area contributed by atoms with Crippen LogP contribution in [0, 0.1) is 5.92 Å². The lowest BCUT2D eigenvalue weighted by Crippen LogP contribution is -2.36. The number of aromatic nitrogens is 2. The van der Waals surface area contributed by atoms with Crippen LogP contribution in [0.25, 0.3) is 0 Å². The number of H-pyrrole nitrogens is 1. The summed E-state index contributed by atoms with van der Waals surface area (Å²) in [7, 11) is -4.16. The highest BCUT2D eigenvalue weighted by Crippen LogP contribution is 2.45. The normalized spacial score (nSPS) is 19.5. The van der Waals surface area contributed by atoms with E-state index < -0.39 is 49.9 Å². The number of hydrogen-bond donors (Lipinski definition) is 3. The van der Waals surface area contributed by atoms with E-state index >= 15 is 0 Å². The molecule has 12 nitrogen and oxygen atoms in total. The average Bonchev–Trinajstić information content (AvgIpc) is 3.24. The van der Waals surface area contributed by atoms with Gasteiger partial charge in [0.2, 0.25) is 6.23 Å². The van der Waals surface area contributed by atoms with Crippen molar-refractivity contribution in [2.75, 3.05) is 13.2 Å². The van der Waals surface area contributed by atoms with Crippen LogP contribution in [0.15, 0.2) is 64.0 Å². The Hall–Kier alpha value is -3.18. The third-order valence-electron chi connectivity index (χ3n) is 5.71. The molecule has 4 atom stereocenters. The Balaban J connectivity index is 1.69. The fourth-order valence-corrected chi connectivity index (χ4v) is 4.92. The number of benzene rings is 1. The van der Waals surface area contributed by atoms with E-state index in [4.69, 9.17) is 18.5 Å². The number of carbonyl (C=O) groups is 1. The highest BCUT2D eigenvalue weighted by Gasteiger charge is 2.35. The number of aliphatic hydroxyl groups is 1. The van der Waals surface area contributed by atoms with Crippen molar-refractivity contribution < 1.29 is 33.0 Å². The zero-order valence-corrected chi connectivity index (χ0v) is 21.8. The lowest BCUT2D eigenvalue weighted by molar-refractivity contribution is -0.146. The SMILES string of the molecule is CCC(CC)COC(=O)[C@H](C)N[P@](=O)(OCC1=CC(O)C(n2ccc(=O)[nH]c2=O)O1)Oc1ccccc1. The molecule has 0 bridgehead atoms. The summed E-state index contributed by atoms with van der Waals surface area (Å²) in [4.78, 5) is 38.0. The molecule has 0 saturated carbocycles. The van der Waals surface area contributed by atoms with Crippen LogP contribution in [0.3, 0.4) is 0 Å². The first-order valence-corrected chi connectivity index (χ1v) is 13.5. The molecule has 2 aromatic rings. The van der Waals surface area contributed by atoms with Crippen molar-refractivity contribution in [3.05, 3.63) is 75.3 Å². The molecule has 2 heterocycles. The zero-order chi connectivity index (χ0) is 27.0. The van der Waals surface area contributed by atoms with Crippen molar-refractivity contribution in [2.24, 2.45) is 5.92 Å². The van der Waals surface area contributed by atoms with Gasteiger partial charge in [-0.3, -0.25) is 23.7 Å². The topological polar surface area (TPSA) is 158 Å². The van der Waals surface area contributed by atoms with Gasteiger partial charge in [0.1, 0.15) is 30.3 Å². The smallest absolute Gasteiger partial charge is 0.459 e. The van der Waals surface area contributed by atoms with Crippen LogP contribution in [0.4, 0.5) is 0 Å². The average molecular weight is 538 g/mol. The summed E-state index contributed by atoms with van der Waals surface area (Å²) in [6.07, 6.45) is 1.78. The number of nitrogens with one attached hydrogen (secondary N) is 2. The van der Waals surface area contributed by atoms with Crippen molar-refractivity contribution in [2.45, 2.75) is 52.0 Å². The van der Waals surface area contributed by atoms with Crippen LogP contribution in [0.2, 0.25) is 0 Å². The van der Waals surface area contributed by atoms with E-state index in [1.54, 1.807) is 30.3 Å². The van der Waals surface area contributed by atoms with Gasteiger partial charge in [-0.1, -0.05) is 44.9 Å². The Labute approximate surface area is 213 Å². The zero-order valence-electron chi connectivity index (χ0n) is 20.9. The van der Waals surface area contributed by atoms with Crippen LogP contribution in [0.5, 0.6) is 5.75 Å². The number of hydrogen-bond acceptors (Lipinski definition) is 9. The van der Waals surface area contributed by atoms with Gasteiger partial charge in [-0.25, -0.2) is 9.36 Å². The number of esters is 1. The van der Waals surface area contributed by atoms with Gasteiger partial charge in [-0.2, -0.15) is 5.09 Å². The first kappa shape index (κ1) is 28.4. The molecular weight excluding hydrogens is 505 g/mol. The molecule has 0 fully saturated rings. The molecule has 0 amide bonds. The maximum absolute atomic E-state index is 13.6. The minimum absolute atomic E-state index is 0.0678. The van der Waals surface area contributed by atoms with E-state index in [0.29, 0.717) is 0 Å². The Morgan fingerprint density at radius 1 is 1.22 bits per heavy atom. The van der Waals surface area contributed by atoms with E-state index in [9.17, 15) is 24.1 Å². The Kier molecular flexibility index (Phi) is 9.87. The standard InChI is InChI=1S/C24H32N3O9P/c1-4-17(5-2)14-33-23(30)16(3)26-37(32,36-18-9-7-6-8-10-18)34-15-19-13-20(28)22(35-19)27-12-11-21(29)25-24(27)31/h6-13,16-17,20,22,28H,4-5,14-15H2,1-3H3,(H,26,32)(H,25,29,31)/t16-,20?,22?,37-/m0/s1. The molecule has 2 unspecified atom stereocenters. The van der Waals surface area contributed by atoms with Crippen LogP contribution in [0.1, 0.15) is 39.8 Å². The summed E-state index contributed by atoms with van der Waals surface area (Å²) < 4.78 is 36.7. The highest BCUT2D eigenvalue weighted by molar-refractivity contribution is 7.52. The van der Waals surface area contributed by atoms with Crippen LogP contribution < -0.4 is 20.9 Å². The molecule has 202 valence electrons. The molecule has 0 saturated heterocycles. The molecule has 3 N–H and O–H groups in total. The molecular formula is C24H32N3O9P. The third kappa shape index (κ3) is 7.90. The Morgan fingerprint density at radius 2 is 1.92 bits per heavy atom. The molecule has 0 aliphatic carbocycles. The van der Waals surface area contributed by atoms with E-state index in [-0.39, 0.29) is 24.0 Å². The lowest BCUT2D eigenvalue weighted by atomic mass is 10.1. The quantitative estimate of drug-likeness (QED) is 0.256. The fourth-order valence-electron chi connectivity index (χ4n) is 3.47. The number of aromatic amines is 1. The molecule has 1 aliphatic rings. The monoisotopic (exact) mass is 537 g/mol. The fraction of sp³-hybridized carbons (Fsp3) is 0.458. The highest BCUT2D eigenvalue weighted by atomic mass is 31.2. The van der Waals surface area contributed by atoms with E-state index in [0.717, 1.165) is 23.5 Å².